The molecule has 0 spiro atoms. The third kappa shape index (κ3) is 22.5. The minimum Gasteiger partial charge on any atom is -0.394 e. The second-order valence-corrected chi connectivity index (χ2v) is 33.0. The first kappa shape index (κ1) is 105. The number of ether oxygens (including phenoxy) is 21. The minimum absolute atomic E-state index is 0.907. The fourth-order valence-electron chi connectivity index (χ4n) is 16.9. The van der Waals surface area contributed by atoms with Crippen LogP contribution in [-0.4, -0.2) is 556 Å². The van der Waals surface area contributed by atoms with Gasteiger partial charge in [-0.2, -0.15) is 0 Å². The largest absolute Gasteiger partial charge is 0.394 e. The summed E-state index contributed by atoms with van der Waals surface area (Å²) in [6.45, 7) is -2.82. The Morgan fingerprint density at radius 1 is 0.219 bits per heavy atom. The Balaban J connectivity index is 0.907. The van der Waals surface area contributed by atoms with Gasteiger partial charge in [0.2, 0.25) is 17.7 Å². The molecule has 11 rings (SSSR count). The Bertz CT molecular complexity index is 3460. The van der Waals surface area contributed by atoms with Crippen LogP contribution < -0.4 is 16.0 Å². The lowest BCUT2D eigenvalue weighted by molar-refractivity contribution is -0.397. The number of carbonyl (C=O) groups excluding carboxylic acids is 3. The van der Waals surface area contributed by atoms with Crippen LogP contribution in [0.25, 0.3) is 0 Å². The summed E-state index contributed by atoms with van der Waals surface area (Å²) in [4.78, 5) is 40.4. The van der Waals surface area contributed by atoms with E-state index in [4.69, 9.17) is 99.5 Å². The lowest BCUT2D eigenvalue weighted by Crippen LogP contribution is -2.71. The summed E-state index contributed by atoms with van der Waals surface area (Å²) < 4.78 is 126. The van der Waals surface area contributed by atoms with Gasteiger partial charge < -0.3 is 264 Å². The zero-order valence-corrected chi connectivity index (χ0v) is 69.2. The van der Waals surface area contributed by atoms with Crippen LogP contribution in [0.2, 0.25) is 0 Å². The van der Waals surface area contributed by atoms with Crippen molar-refractivity contribution in [3.05, 3.63) is 0 Å². The Labute approximate surface area is 725 Å². The fourth-order valence-corrected chi connectivity index (χ4v) is 16.9. The van der Waals surface area contributed by atoms with Crippen LogP contribution >= 0.6 is 0 Å². The fraction of sp³-hybridized carbons (Fsp3) is 0.958. The third-order valence-corrected chi connectivity index (χ3v) is 24.1. The summed E-state index contributed by atoms with van der Waals surface area (Å²) in [5.41, 5.74) is 0. The van der Waals surface area contributed by atoms with E-state index in [1.54, 1.807) is 0 Å². The number of nitrogens with one attached hydrogen (secondary N) is 3. The van der Waals surface area contributed by atoms with Crippen molar-refractivity contribution in [2.24, 2.45) is 0 Å². The average Bonchev–Trinajstić information content (AvgIpc) is 0.762. The van der Waals surface area contributed by atoms with Crippen LogP contribution in [0.5, 0.6) is 0 Å². The summed E-state index contributed by atoms with van der Waals surface area (Å²) >= 11 is 0. The summed E-state index contributed by atoms with van der Waals surface area (Å²) in [7, 11) is 0. The molecule has 11 fully saturated rings. The highest BCUT2D eigenvalue weighted by Crippen LogP contribution is 2.42. The van der Waals surface area contributed by atoms with Gasteiger partial charge in [0.25, 0.3) is 0 Å². The van der Waals surface area contributed by atoms with E-state index in [1.165, 1.54) is 20.8 Å². The van der Waals surface area contributed by atoms with Gasteiger partial charge in [-0.3, -0.25) is 14.4 Å². The molecule has 0 radical (unpaired) electrons. The van der Waals surface area contributed by atoms with Gasteiger partial charge in [0.15, 0.2) is 69.2 Å². The molecule has 0 aromatic heterocycles. The maximum absolute atomic E-state index is 13.7. The Morgan fingerprint density at radius 3 is 0.906 bits per heavy atom. The number of aliphatic hydroxyl groups excluding tert-OH is 29. The predicted octanol–water partition coefficient (Wildman–Crippen LogP) is -21.5. The minimum atomic E-state index is -2.52. The SMILES string of the molecule is CC(=O)N[C@H]1[C@H](O[C@H]2[C@@H](O)[C@@H](CO[C@@H]3O[C@H](CO)[C@@H](O[C@@H]4O[C@H](CO)[C@H](O)[C@H](OC5O[C@H](CO)[C@@H](O[C@@H]6O[C@H](CO)[C@H](O)[C@H](O)[C@H]6O[C@@H]6O[C@@H](C)[C@@H](O)[C@@H](O)[C@@H]6O)[C@H](O)[C@H]5NC(C)=O)[C@H]4O)[C@H](O[C@@H]4O[C@@H](C)[C@@H](O)[C@@H](O)[C@@H]4O)[C@H]3NC(C)=O)O[C@@H](O[C@H]3[C@H](O)[C@@H](O)C(O)O[C@@H]3CO)[C@@H]2O)O[C@H](CO)[C@@H](O[C@@H]2O[C@H](CO)[C@H](O)[C@H](O)[C@H]2O)[C@@H]1O[C@@H]1O[C@@H](C)[C@@H](O)[C@@H](O)[C@@H]1O. The number of hydrogen-bond acceptors (Lipinski definition) is 53. The van der Waals surface area contributed by atoms with Crippen molar-refractivity contribution in [3.8, 4) is 0 Å². The molecule has 11 heterocycles. The molecule has 0 aromatic carbocycles. The summed E-state index contributed by atoms with van der Waals surface area (Å²) in [5, 5.41) is 331. The average molecular weight is 1880 g/mol. The summed E-state index contributed by atoms with van der Waals surface area (Å²) in [6.07, 6.45) is -107. The van der Waals surface area contributed by atoms with E-state index in [9.17, 15) is 162 Å². The zero-order chi connectivity index (χ0) is 94.1. The molecular weight excluding hydrogens is 1750 g/mol. The first-order valence-corrected chi connectivity index (χ1v) is 41.2. The van der Waals surface area contributed by atoms with E-state index in [0.29, 0.717) is 0 Å². The zero-order valence-electron chi connectivity index (χ0n) is 69.2. The Kier molecular flexibility index (Phi) is 37.0. The van der Waals surface area contributed by atoms with Crippen LogP contribution in [0, 0.1) is 0 Å². The smallest absolute Gasteiger partial charge is 0.217 e. The molecule has 2 unspecified atom stereocenters. The van der Waals surface area contributed by atoms with Gasteiger partial charge in [0.05, 0.1) is 71.2 Å². The van der Waals surface area contributed by atoms with Crippen molar-refractivity contribution in [3.63, 3.8) is 0 Å². The third-order valence-electron chi connectivity index (χ3n) is 24.1. The Morgan fingerprint density at radius 2 is 0.484 bits per heavy atom. The van der Waals surface area contributed by atoms with E-state index >= 15 is 0 Å². The van der Waals surface area contributed by atoms with Crippen LogP contribution in [0.3, 0.4) is 0 Å². The molecule has 56 nitrogen and oxygen atoms in total. The van der Waals surface area contributed by atoms with Crippen LogP contribution in [0.15, 0.2) is 0 Å². The van der Waals surface area contributed by atoms with E-state index in [-0.39, 0.29) is 0 Å². The quantitative estimate of drug-likeness (QED) is 0.0306. The molecule has 0 bridgehead atoms. The molecule has 128 heavy (non-hydrogen) atoms. The van der Waals surface area contributed by atoms with Crippen molar-refractivity contribution in [2.75, 3.05) is 52.9 Å². The first-order valence-electron chi connectivity index (χ1n) is 41.2. The molecule has 11 aliphatic rings. The standard InChI is InChI=1S/C72H121N3O53/c1-15-32(86)40(94)47(101)66(109-15)124-57-30(74-19(5)84)63(116-26(12-81)55(57)123-70-51(105)59(37(91)23(9-78)114-70)126-64-29(73-18(4)83)39(93)53(25(11-80)117-64)121-72-61(44(98)36(90)22(8-77)115-72)128-68-49(103)42(96)34(88)17(3)111-68)108-14-28-38(92)60(52(106)71(119-28)120-54-24(10-79)112-62(107)46(100)45(54)99)127-65-31(75-20(6)85)58(125-67-48(102)41(95)33(87)16(2)110-67)56(27(13-82)118-65)122-69-50(104)43(97)35(89)21(7-76)113-69/h15-17,21-72,76-82,86-107H,7-14H2,1-6H3,(H,73,83)(H,74,84)(H,75,85)/t15-,16-,17-,21+,22+,23+,24+,25+,26+,27+,28+,29+,30+,31+,32+,33+,34+,35-,36-,37-,38-,39+,40+,41+,42+,43-,44-,45+,46+,47-,48-,49-,50+,51+,52+,53+,54+,55+,56+,57+,58+,59-,60-,61+,62?,63+,64?,65-,66-,67-,68-,69-,70-,71-,72-/m0/s1. The lowest BCUT2D eigenvalue weighted by Gasteiger charge is -2.52. The summed E-state index contributed by atoms with van der Waals surface area (Å²) in [6, 6.07) is -6.08. The highest BCUT2D eigenvalue weighted by Gasteiger charge is 2.63. The van der Waals surface area contributed by atoms with Gasteiger partial charge in [-0.25, -0.2) is 0 Å². The molecule has 11 aliphatic heterocycles. The van der Waals surface area contributed by atoms with Crippen molar-refractivity contribution in [2.45, 2.75) is 379 Å². The number of carbonyl (C=O) groups is 3. The maximum atomic E-state index is 13.7. The number of aliphatic hydroxyl groups is 29. The maximum Gasteiger partial charge on any atom is 0.217 e. The predicted molar refractivity (Wildman–Crippen MR) is 393 cm³/mol. The molecule has 0 aromatic rings. The van der Waals surface area contributed by atoms with E-state index in [1.807, 2.05) is 0 Å². The normalized spacial score (nSPS) is 51.6. The van der Waals surface area contributed by atoms with Crippen molar-refractivity contribution in [1.29, 1.82) is 0 Å². The molecule has 0 saturated carbocycles. The van der Waals surface area contributed by atoms with Gasteiger partial charge in [-0.05, 0) is 20.8 Å². The number of amides is 3. The van der Waals surface area contributed by atoms with Gasteiger partial charge in [0.1, 0.15) is 250 Å². The van der Waals surface area contributed by atoms with Crippen LogP contribution in [0.1, 0.15) is 41.5 Å². The van der Waals surface area contributed by atoms with Crippen molar-refractivity contribution < 1.29 is 262 Å². The number of rotatable bonds is 31. The van der Waals surface area contributed by atoms with E-state index in [0.717, 1.165) is 20.8 Å². The molecule has 11 saturated heterocycles. The number of hydrogen-bond donors (Lipinski definition) is 32. The van der Waals surface area contributed by atoms with Gasteiger partial charge in [0, 0.05) is 20.8 Å². The van der Waals surface area contributed by atoms with Crippen molar-refractivity contribution in [1.82, 2.24) is 16.0 Å². The molecule has 0 aliphatic carbocycles. The van der Waals surface area contributed by atoms with Crippen LogP contribution in [0.4, 0.5) is 0 Å². The second-order valence-electron chi connectivity index (χ2n) is 33.0. The molecule has 56 heteroatoms. The van der Waals surface area contributed by atoms with Gasteiger partial charge >= 0.3 is 0 Å². The van der Waals surface area contributed by atoms with Crippen molar-refractivity contribution >= 4 is 17.7 Å². The van der Waals surface area contributed by atoms with Crippen LogP contribution in [-0.2, 0) is 114 Å². The van der Waals surface area contributed by atoms with Gasteiger partial charge in [-0.15, -0.1) is 0 Å². The van der Waals surface area contributed by atoms with E-state index < -0.39 is 408 Å². The molecular formula is C72H121N3O53. The highest BCUT2D eigenvalue weighted by molar-refractivity contribution is 5.74. The van der Waals surface area contributed by atoms with Gasteiger partial charge in [-0.1, -0.05) is 0 Å². The molecule has 742 valence electrons. The first-order chi connectivity index (χ1) is 60.5. The summed E-state index contributed by atoms with van der Waals surface area (Å²) in [5.74, 6) is -3.02. The molecule has 55 atom stereocenters. The lowest BCUT2D eigenvalue weighted by atomic mass is 9.93. The molecule has 3 amide bonds. The van der Waals surface area contributed by atoms with E-state index in [2.05, 4.69) is 16.0 Å². The highest BCUT2D eigenvalue weighted by atomic mass is 16.8. The second kappa shape index (κ2) is 45.1. The monoisotopic (exact) mass is 1880 g/mol. The molecule has 32 N–H and O–H groups in total. The Hall–Kier alpha value is -3.59. The topological polar surface area (TPSA) is 868 Å².